The van der Waals surface area contributed by atoms with Crippen LogP contribution in [-0.4, -0.2) is 81.9 Å². The Bertz CT molecular complexity index is 2240. The summed E-state index contributed by atoms with van der Waals surface area (Å²) in [5.41, 5.74) is 0.923. The average molecular weight is 739 g/mol. The van der Waals surface area contributed by atoms with E-state index in [4.69, 9.17) is 28.1 Å². The number of esters is 2. The van der Waals surface area contributed by atoms with Gasteiger partial charge in [-0.25, -0.2) is 9.59 Å². The third kappa shape index (κ3) is 8.70. The second-order valence-electron chi connectivity index (χ2n) is 12.0. The molecule has 0 unspecified atom stereocenters. The first-order chi connectivity index (χ1) is 26.0. The Morgan fingerprint density at radius 3 is 2.22 bits per heavy atom. The first-order valence-electron chi connectivity index (χ1n) is 16.4. The maximum Gasteiger partial charge on any atom is 0.331 e. The number of hydrogen-bond donors (Lipinski definition) is 5. The van der Waals surface area contributed by atoms with Gasteiger partial charge >= 0.3 is 11.9 Å². The van der Waals surface area contributed by atoms with E-state index in [-0.39, 0.29) is 39.7 Å². The summed E-state index contributed by atoms with van der Waals surface area (Å²) in [6, 6.07) is 22.6. The molecular weight excluding hydrogens is 704 g/mol. The second-order valence-corrected chi connectivity index (χ2v) is 12.0. The number of fused-ring (bicyclic) bond motifs is 1. The molecule has 1 aliphatic rings. The molecule has 1 aromatic heterocycles. The summed E-state index contributed by atoms with van der Waals surface area (Å²) in [5, 5.41) is 52.6. The van der Waals surface area contributed by atoms with Gasteiger partial charge in [0.15, 0.2) is 29.1 Å². The normalized spacial score (nSPS) is 19.9. The van der Waals surface area contributed by atoms with E-state index >= 15 is 0 Å². The average Bonchev–Trinajstić information content (AvgIpc) is 3.16. The van der Waals surface area contributed by atoms with E-state index in [1.165, 1.54) is 61.7 Å². The van der Waals surface area contributed by atoms with Gasteiger partial charge in [-0.3, -0.25) is 4.79 Å². The van der Waals surface area contributed by atoms with Crippen LogP contribution in [0.3, 0.4) is 0 Å². The molecule has 1 saturated heterocycles. The fourth-order valence-electron chi connectivity index (χ4n) is 5.56. The van der Waals surface area contributed by atoms with Gasteiger partial charge in [-0.15, -0.1) is 0 Å². The van der Waals surface area contributed by atoms with E-state index in [1.807, 2.05) is 6.07 Å². The summed E-state index contributed by atoms with van der Waals surface area (Å²) in [4.78, 5) is 38.5. The summed E-state index contributed by atoms with van der Waals surface area (Å²) in [6.07, 6.45) is -3.18. The topological polar surface area (TPSA) is 212 Å². The van der Waals surface area contributed by atoms with E-state index in [2.05, 4.69) is 0 Å². The molecule has 4 aromatic carbocycles. The van der Waals surface area contributed by atoms with Crippen molar-refractivity contribution in [1.29, 1.82) is 0 Å². The van der Waals surface area contributed by atoms with Gasteiger partial charge in [0, 0.05) is 35.9 Å². The van der Waals surface area contributed by atoms with Crippen molar-refractivity contribution >= 4 is 35.1 Å². The fourth-order valence-corrected chi connectivity index (χ4v) is 5.56. The molecule has 1 aliphatic heterocycles. The molecule has 14 heteroatoms. The van der Waals surface area contributed by atoms with Crippen LogP contribution in [0.5, 0.6) is 28.7 Å². The van der Waals surface area contributed by atoms with Gasteiger partial charge in [0.25, 0.3) is 0 Å². The van der Waals surface area contributed by atoms with Crippen molar-refractivity contribution in [3.05, 3.63) is 124 Å². The Balaban J connectivity index is 1.26. The second kappa shape index (κ2) is 16.4. The molecule has 5 aromatic rings. The largest absolute Gasteiger partial charge is 0.508 e. The predicted octanol–water partition coefficient (Wildman–Crippen LogP) is 4.29. The van der Waals surface area contributed by atoms with Crippen LogP contribution in [0.1, 0.15) is 11.1 Å². The lowest BCUT2D eigenvalue weighted by molar-refractivity contribution is -0.281. The first-order valence-corrected chi connectivity index (χ1v) is 16.4. The van der Waals surface area contributed by atoms with Gasteiger partial charge in [-0.2, -0.15) is 0 Å². The van der Waals surface area contributed by atoms with Gasteiger partial charge < -0.3 is 53.6 Å². The summed E-state index contributed by atoms with van der Waals surface area (Å²) in [6.45, 7) is -0.555. The predicted molar refractivity (Wildman–Crippen MR) is 193 cm³/mol. The van der Waals surface area contributed by atoms with E-state index in [0.717, 1.165) is 23.8 Å². The molecule has 0 amide bonds. The lowest BCUT2D eigenvalue weighted by atomic mass is 9.99. The van der Waals surface area contributed by atoms with Crippen LogP contribution >= 0.6 is 0 Å². The molecule has 14 nitrogen and oxygen atoms in total. The van der Waals surface area contributed by atoms with Crippen LogP contribution in [-0.2, 0) is 23.8 Å². The van der Waals surface area contributed by atoms with Crippen LogP contribution in [0, 0.1) is 0 Å². The van der Waals surface area contributed by atoms with Gasteiger partial charge in [0.05, 0.1) is 7.11 Å². The molecule has 5 N–H and O–H groups in total. The zero-order chi connectivity index (χ0) is 38.4. The van der Waals surface area contributed by atoms with Crippen LogP contribution in [0.25, 0.3) is 34.4 Å². The maximum absolute atomic E-state index is 13.1. The number of aliphatic hydroxyl groups excluding tert-OH is 2. The number of aliphatic hydroxyl groups is 2. The molecule has 0 saturated carbocycles. The molecule has 54 heavy (non-hydrogen) atoms. The lowest BCUT2D eigenvalue weighted by Gasteiger charge is -2.41. The third-order valence-corrected chi connectivity index (χ3v) is 8.30. The van der Waals surface area contributed by atoms with Crippen molar-refractivity contribution in [2.75, 3.05) is 13.7 Å². The number of carbonyl (C=O) groups is 2. The van der Waals surface area contributed by atoms with E-state index in [9.17, 15) is 39.9 Å². The zero-order valence-electron chi connectivity index (χ0n) is 28.5. The van der Waals surface area contributed by atoms with Gasteiger partial charge in [-0.1, -0.05) is 42.5 Å². The standard InChI is InChI=1S/C40H34O14/c1-49-31-17-24(11-14-27(31)42)30-20-29(44)36-28(43)18-26(19-32(36)52-30)51-40-38(48)39(54-35(46)16-10-23-7-12-25(41)13-8-23)37(47)33(53-40)21-50-34(45)15-9-22-5-3-2-4-6-22/h2-20,33,37-43,47-48H,21H2,1H3/b15-9+,16-10+/t33-,37-,38-,39+,40-/m1/s1. The van der Waals surface area contributed by atoms with Crippen LogP contribution in [0.15, 0.2) is 112 Å². The summed E-state index contributed by atoms with van der Waals surface area (Å²) < 4.78 is 33.5. The lowest BCUT2D eigenvalue weighted by Crippen LogP contribution is -2.61. The van der Waals surface area contributed by atoms with Crippen molar-refractivity contribution in [2.45, 2.75) is 30.7 Å². The molecule has 2 heterocycles. The van der Waals surface area contributed by atoms with Crippen LogP contribution in [0.2, 0.25) is 0 Å². The van der Waals surface area contributed by atoms with E-state index < -0.39 is 60.4 Å². The third-order valence-electron chi connectivity index (χ3n) is 8.30. The maximum atomic E-state index is 13.1. The number of ether oxygens (including phenoxy) is 5. The van der Waals surface area contributed by atoms with Crippen molar-refractivity contribution in [3.8, 4) is 40.1 Å². The Hall–Kier alpha value is -6.61. The van der Waals surface area contributed by atoms with Crippen molar-refractivity contribution in [3.63, 3.8) is 0 Å². The smallest absolute Gasteiger partial charge is 0.331 e. The number of phenolic OH excluding ortho intramolecular Hbond substituents is 3. The molecule has 0 aliphatic carbocycles. The van der Waals surface area contributed by atoms with Crippen LogP contribution in [0.4, 0.5) is 0 Å². The van der Waals surface area contributed by atoms with Gasteiger partial charge in [-0.05, 0) is 53.6 Å². The minimum Gasteiger partial charge on any atom is -0.508 e. The Labute approximate surface area is 306 Å². The SMILES string of the molecule is COc1cc(-c2cc(=O)c3c(O)cc(O[C@@H]4O[C@H](COC(=O)/C=C/c5ccccc5)[C@@H](O)[C@H](OC(=O)/C=C/c5ccc(O)cc5)[C@H]4O)cc3o2)ccc1O. The monoisotopic (exact) mass is 738 g/mol. The number of benzene rings is 4. The number of hydrogen-bond acceptors (Lipinski definition) is 14. The highest BCUT2D eigenvalue weighted by Crippen LogP contribution is 2.36. The highest BCUT2D eigenvalue weighted by molar-refractivity contribution is 5.88. The number of rotatable bonds is 11. The van der Waals surface area contributed by atoms with Gasteiger partial charge in [0.1, 0.15) is 52.8 Å². The van der Waals surface area contributed by atoms with Crippen LogP contribution < -0.4 is 14.9 Å². The molecule has 1 fully saturated rings. The molecule has 6 rings (SSSR count). The van der Waals surface area contributed by atoms with E-state index in [1.54, 1.807) is 36.4 Å². The van der Waals surface area contributed by atoms with E-state index in [0.29, 0.717) is 11.1 Å². The molecule has 0 radical (unpaired) electrons. The Morgan fingerprint density at radius 1 is 0.796 bits per heavy atom. The molecular formula is C40H34O14. The Morgan fingerprint density at radius 2 is 1.50 bits per heavy atom. The summed E-state index contributed by atoms with van der Waals surface area (Å²) in [5.74, 6) is -2.36. The highest BCUT2D eigenvalue weighted by atomic mass is 16.7. The molecule has 5 atom stereocenters. The van der Waals surface area contributed by atoms with Crippen molar-refractivity contribution < 1.29 is 63.2 Å². The molecule has 278 valence electrons. The number of aromatic hydroxyl groups is 3. The Kier molecular flexibility index (Phi) is 11.3. The number of carbonyl (C=O) groups excluding carboxylic acids is 2. The molecule has 0 bridgehead atoms. The summed E-state index contributed by atoms with van der Waals surface area (Å²) in [7, 11) is 1.36. The highest BCUT2D eigenvalue weighted by Gasteiger charge is 2.48. The number of phenols is 3. The minimum absolute atomic E-state index is 0.0248. The first kappa shape index (κ1) is 37.2. The van der Waals surface area contributed by atoms with Gasteiger partial charge in [0.2, 0.25) is 6.29 Å². The van der Waals surface area contributed by atoms with Crippen molar-refractivity contribution in [1.82, 2.24) is 0 Å². The zero-order valence-corrected chi connectivity index (χ0v) is 28.5. The molecule has 0 spiro atoms. The number of methoxy groups -OCH3 is 1. The quantitative estimate of drug-likeness (QED) is 0.0946. The summed E-state index contributed by atoms with van der Waals surface area (Å²) >= 11 is 0. The van der Waals surface area contributed by atoms with Crippen molar-refractivity contribution in [2.24, 2.45) is 0 Å². The minimum atomic E-state index is -1.84. The fraction of sp³-hybridized carbons (Fsp3) is 0.175.